The Balaban J connectivity index is 1.59. The predicted octanol–water partition coefficient (Wildman–Crippen LogP) is 3.93. The van der Waals surface area contributed by atoms with Gasteiger partial charge in [-0.25, -0.2) is 0 Å². The molecule has 0 saturated heterocycles. The Morgan fingerprint density at radius 1 is 1.14 bits per heavy atom. The second-order valence-electron chi connectivity index (χ2n) is 6.16. The van der Waals surface area contributed by atoms with Gasteiger partial charge in [0.1, 0.15) is 12.4 Å². The van der Waals surface area contributed by atoms with Crippen molar-refractivity contribution in [1.29, 1.82) is 0 Å². The van der Waals surface area contributed by atoms with Crippen molar-refractivity contribution in [3.63, 3.8) is 0 Å². The van der Waals surface area contributed by atoms with E-state index in [-0.39, 0.29) is 24.3 Å². The molecule has 0 aliphatic heterocycles. The molecule has 0 aliphatic rings. The van der Waals surface area contributed by atoms with E-state index < -0.39 is 0 Å². The quantitative estimate of drug-likeness (QED) is 0.606. The Hall–Kier alpha value is -3.19. The number of ether oxygens (including phenoxy) is 1. The fraction of sp³-hybridized carbons (Fsp3) is 0.190. The van der Waals surface area contributed by atoms with Crippen LogP contribution in [0.25, 0.3) is 0 Å². The maximum absolute atomic E-state index is 12.5. The summed E-state index contributed by atoms with van der Waals surface area (Å²) in [6.07, 6.45) is 1.87. The van der Waals surface area contributed by atoms with Crippen molar-refractivity contribution < 1.29 is 14.3 Å². The molecule has 0 spiro atoms. The highest BCUT2D eigenvalue weighted by Crippen LogP contribution is 2.24. The summed E-state index contributed by atoms with van der Waals surface area (Å²) in [4.78, 5) is 29.1. The number of hydrogen-bond donors (Lipinski definition) is 2. The molecule has 7 heteroatoms. The minimum absolute atomic E-state index is 0.152. The van der Waals surface area contributed by atoms with Gasteiger partial charge in [0, 0.05) is 29.8 Å². The average molecular weight is 395 g/mol. The first-order valence-electron chi connectivity index (χ1n) is 8.83. The molecule has 6 nitrogen and oxygen atoms in total. The number of carbonyl (C=O) groups excluding carboxylic acids is 2. The van der Waals surface area contributed by atoms with Crippen molar-refractivity contribution >= 4 is 28.8 Å². The SMILES string of the molecule is CC(=O)NC(CC(=O)Nc1cccc(OCc2ccccn2)c1)c1cccs1. The Labute approximate surface area is 167 Å². The second kappa shape index (κ2) is 9.66. The van der Waals surface area contributed by atoms with E-state index in [1.807, 2.05) is 47.8 Å². The highest BCUT2D eigenvalue weighted by molar-refractivity contribution is 7.10. The zero-order valence-electron chi connectivity index (χ0n) is 15.4. The minimum atomic E-state index is -0.346. The van der Waals surface area contributed by atoms with Gasteiger partial charge in [-0.2, -0.15) is 0 Å². The molecular formula is C21H21N3O3S. The van der Waals surface area contributed by atoms with Crippen LogP contribution in [-0.4, -0.2) is 16.8 Å². The molecule has 1 unspecified atom stereocenters. The van der Waals surface area contributed by atoms with E-state index in [1.165, 1.54) is 18.3 Å². The van der Waals surface area contributed by atoms with Crippen LogP contribution in [0.5, 0.6) is 5.75 Å². The molecule has 144 valence electrons. The molecule has 0 radical (unpaired) electrons. The van der Waals surface area contributed by atoms with Crippen LogP contribution < -0.4 is 15.4 Å². The molecule has 0 fully saturated rings. The summed E-state index contributed by atoms with van der Waals surface area (Å²) in [5.74, 6) is 0.283. The molecule has 0 saturated carbocycles. The molecule has 3 aromatic rings. The lowest BCUT2D eigenvalue weighted by atomic mass is 10.1. The third-order valence-corrected chi connectivity index (χ3v) is 4.87. The van der Waals surface area contributed by atoms with Crippen LogP contribution in [-0.2, 0) is 16.2 Å². The largest absolute Gasteiger partial charge is 0.487 e. The topological polar surface area (TPSA) is 80.3 Å². The van der Waals surface area contributed by atoms with E-state index >= 15 is 0 Å². The van der Waals surface area contributed by atoms with Gasteiger partial charge >= 0.3 is 0 Å². The van der Waals surface area contributed by atoms with E-state index in [9.17, 15) is 9.59 Å². The van der Waals surface area contributed by atoms with Crippen LogP contribution in [0.2, 0.25) is 0 Å². The van der Waals surface area contributed by atoms with Crippen molar-refractivity contribution in [2.24, 2.45) is 0 Å². The number of benzene rings is 1. The first-order valence-corrected chi connectivity index (χ1v) is 9.71. The van der Waals surface area contributed by atoms with Gasteiger partial charge in [0.05, 0.1) is 18.2 Å². The van der Waals surface area contributed by atoms with Crippen molar-refractivity contribution in [3.05, 3.63) is 76.7 Å². The summed E-state index contributed by atoms with van der Waals surface area (Å²) >= 11 is 1.51. The zero-order chi connectivity index (χ0) is 19.8. The number of aromatic nitrogens is 1. The van der Waals surface area contributed by atoms with Gasteiger partial charge < -0.3 is 15.4 Å². The van der Waals surface area contributed by atoms with E-state index in [0.29, 0.717) is 18.0 Å². The molecule has 0 aliphatic carbocycles. The number of anilines is 1. The minimum Gasteiger partial charge on any atom is -0.487 e. The fourth-order valence-corrected chi connectivity index (χ4v) is 3.44. The van der Waals surface area contributed by atoms with E-state index in [4.69, 9.17) is 4.74 Å². The van der Waals surface area contributed by atoms with Crippen LogP contribution >= 0.6 is 11.3 Å². The number of pyridine rings is 1. The highest BCUT2D eigenvalue weighted by atomic mass is 32.1. The van der Waals surface area contributed by atoms with Crippen molar-refractivity contribution in [2.75, 3.05) is 5.32 Å². The molecular weight excluding hydrogens is 374 g/mol. The van der Waals surface area contributed by atoms with E-state index in [1.54, 1.807) is 18.3 Å². The van der Waals surface area contributed by atoms with Crippen molar-refractivity contribution in [3.8, 4) is 5.75 Å². The summed E-state index contributed by atoms with van der Waals surface area (Å²) < 4.78 is 5.74. The summed E-state index contributed by atoms with van der Waals surface area (Å²) in [7, 11) is 0. The number of nitrogens with one attached hydrogen (secondary N) is 2. The molecule has 3 rings (SSSR count). The van der Waals surface area contributed by atoms with Gasteiger partial charge in [-0.1, -0.05) is 18.2 Å². The molecule has 2 aromatic heterocycles. The Morgan fingerprint density at radius 2 is 2.04 bits per heavy atom. The number of amides is 2. The number of hydrogen-bond acceptors (Lipinski definition) is 5. The summed E-state index contributed by atoms with van der Waals surface area (Å²) in [5, 5.41) is 7.61. The van der Waals surface area contributed by atoms with Gasteiger partial charge in [0.15, 0.2) is 0 Å². The zero-order valence-corrected chi connectivity index (χ0v) is 16.2. The number of rotatable bonds is 8. The van der Waals surface area contributed by atoms with Gasteiger partial charge in [-0.05, 0) is 35.7 Å². The van der Waals surface area contributed by atoms with Gasteiger partial charge in [-0.3, -0.25) is 14.6 Å². The van der Waals surface area contributed by atoms with Crippen LogP contribution in [0.3, 0.4) is 0 Å². The molecule has 1 aromatic carbocycles. The first kappa shape index (κ1) is 19.6. The number of carbonyl (C=O) groups is 2. The third-order valence-electron chi connectivity index (χ3n) is 3.88. The molecule has 2 N–H and O–H groups in total. The normalized spacial score (nSPS) is 11.5. The van der Waals surface area contributed by atoms with Crippen LogP contribution in [0.1, 0.15) is 30.0 Å². The maximum atomic E-state index is 12.5. The van der Waals surface area contributed by atoms with Crippen LogP contribution in [0.15, 0.2) is 66.2 Å². The maximum Gasteiger partial charge on any atom is 0.226 e. The predicted molar refractivity (Wildman–Crippen MR) is 109 cm³/mol. The standard InChI is InChI=1S/C21H21N3O3S/c1-15(25)23-19(20-9-5-11-28-20)13-21(26)24-16-7-4-8-18(12-16)27-14-17-6-2-3-10-22-17/h2-12,19H,13-14H2,1H3,(H,23,25)(H,24,26). The molecule has 1 atom stereocenters. The highest BCUT2D eigenvalue weighted by Gasteiger charge is 2.18. The lowest BCUT2D eigenvalue weighted by Crippen LogP contribution is -2.29. The Kier molecular flexibility index (Phi) is 6.75. The summed E-state index contributed by atoms with van der Waals surface area (Å²) in [5.41, 5.74) is 1.46. The summed E-state index contributed by atoms with van der Waals surface area (Å²) in [6, 6.07) is 16.3. The van der Waals surface area contributed by atoms with Crippen molar-refractivity contribution in [2.45, 2.75) is 26.0 Å². The lowest BCUT2D eigenvalue weighted by Gasteiger charge is -2.16. The lowest BCUT2D eigenvalue weighted by molar-refractivity contribution is -0.120. The van der Waals surface area contributed by atoms with Crippen LogP contribution in [0, 0.1) is 0 Å². The number of thiophene rings is 1. The molecule has 2 amide bonds. The van der Waals surface area contributed by atoms with Gasteiger partial charge in [0.25, 0.3) is 0 Å². The second-order valence-corrected chi connectivity index (χ2v) is 7.14. The van der Waals surface area contributed by atoms with E-state index in [0.717, 1.165) is 10.6 Å². The Morgan fingerprint density at radius 3 is 2.75 bits per heavy atom. The number of nitrogens with zero attached hydrogens (tertiary/aromatic N) is 1. The average Bonchev–Trinajstić information content (AvgIpc) is 3.21. The molecule has 0 bridgehead atoms. The first-order chi connectivity index (χ1) is 13.6. The fourth-order valence-electron chi connectivity index (χ4n) is 2.66. The van der Waals surface area contributed by atoms with Crippen molar-refractivity contribution in [1.82, 2.24) is 10.3 Å². The van der Waals surface area contributed by atoms with Gasteiger partial charge in [-0.15, -0.1) is 11.3 Å². The Bertz CT molecular complexity index is 914. The third kappa shape index (κ3) is 5.92. The van der Waals surface area contributed by atoms with Crippen LogP contribution in [0.4, 0.5) is 5.69 Å². The monoisotopic (exact) mass is 395 g/mol. The molecule has 2 heterocycles. The molecule has 28 heavy (non-hydrogen) atoms. The van der Waals surface area contributed by atoms with E-state index in [2.05, 4.69) is 15.6 Å². The van der Waals surface area contributed by atoms with Gasteiger partial charge in [0.2, 0.25) is 11.8 Å². The smallest absolute Gasteiger partial charge is 0.226 e. The summed E-state index contributed by atoms with van der Waals surface area (Å²) in [6.45, 7) is 1.79.